The summed E-state index contributed by atoms with van der Waals surface area (Å²) in [6, 6.07) is 2.45. The monoisotopic (exact) mass is 195 g/mol. The Hall–Kier alpha value is -1.62. The fraction of sp³-hybridized carbons (Fsp3) is 0.333. The summed E-state index contributed by atoms with van der Waals surface area (Å²) in [4.78, 5) is 15.1. The largest absolute Gasteiger partial charge is 0.504 e. The molecule has 0 fully saturated rings. The molecule has 0 radical (unpaired) electrons. The summed E-state index contributed by atoms with van der Waals surface area (Å²) >= 11 is 0. The second-order valence-corrected chi connectivity index (χ2v) is 2.88. The molecule has 4 N–H and O–H groups in total. The average molecular weight is 195 g/mol. The van der Waals surface area contributed by atoms with E-state index in [1.54, 1.807) is 6.07 Å². The number of amides is 1. The number of pyridine rings is 1. The quantitative estimate of drug-likeness (QED) is 0.653. The van der Waals surface area contributed by atoms with Gasteiger partial charge in [0.15, 0.2) is 11.6 Å². The van der Waals surface area contributed by atoms with Gasteiger partial charge in [0.2, 0.25) is 5.91 Å². The van der Waals surface area contributed by atoms with Crippen molar-refractivity contribution < 1.29 is 9.90 Å². The fourth-order valence-corrected chi connectivity index (χ4v) is 0.888. The first-order chi connectivity index (χ1) is 6.65. The van der Waals surface area contributed by atoms with Gasteiger partial charge < -0.3 is 16.2 Å². The number of anilines is 1. The third-order valence-corrected chi connectivity index (χ3v) is 1.80. The summed E-state index contributed by atoms with van der Waals surface area (Å²) in [5.41, 5.74) is 5.49. The van der Waals surface area contributed by atoms with Crippen LogP contribution in [0.5, 0.6) is 5.75 Å². The van der Waals surface area contributed by atoms with Crippen molar-refractivity contribution in [2.75, 3.05) is 5.32 Å². The van der Waals surface area contributed by atoms with Crippen LogP contribution in [0.4, 0.5) is 5.82 Å². The highest BCUT2D eigenvalue weighted by molar-refractivity contribution is 5.94. The SMILES string of the molecule is CC[C@H](N)C(=O)Nc1ncccc1O. The summed E-state index contributed by atoms with van der Waals surface area (Å²) in [5.74, 6) is -0.271. The van der Waals surface area contributed by atoms with Gasteiger partial charge in [-0.25, -0.2) is 4.98 Å². The number of nitrogens with two attached hydrogens (primary N) is 1. The summed E-state index contributed by atoms with van der Waals surface area (Å²) in [6.07, 6.45) is 2.02. The molecular weight excluding hydrogens is 182 g/mol. The molecule has 0 saturated heterocycles. The van der Waals surface area contributed by atoms with E-state index in [-0.39, 0.29) is 17.5 Å². The van der Waals surface area contributed by atoms with E-state index in [1.807, 2.05) is 6.92 Å². The average Bonchev–Trinajstić information content (AvgIpc) is 2.20. The van der Waals surface area contributed by atoms with Crippen molar-refractivity contribution in [2.24, 2.45) is 5.73 Å². The van der Waals surface area contributed by atoms with Crippen molar-refractivity contribution in [1.29, 1.82) is 0 Å². The Balaban J connectivity index is 2.70. The van der Waals surface area contributed by atoms with Crippen LogP contribution in [0.3, 0.4) is 0 Å². The van der Waals surface area contributed by atoms with Crippen molar-refractivity contribution in [3.05, 3.63) is 18.3 Å². The zero-order valence-corrected chi connectivity index (χ0v) is 7.90. The van der Waals surface area contributed by atoms with E-state index in [2.05, 4.69) is 10.3 Å². The standard InChI is InChI=1S/C9H13N3O2/c1-2-6(10)9(14)12-8-7(13)4-3-5-11-8/h3-6,13H,2,10H2,1H3,(H,11,12,14)/t6-/m0/s1. The molecule has 5 nitrogen and oxygen atoms in total. The van der Waals surface area contributed by atoms with Crippen molar-refractivity contribution >= 4 is 11.7 Å². The molecular formula is C9H13N3O2. The van der Waals surface area contributed by atoms with E-state index in [9.17, 15) is 9.90 Å². The number of rotatable bonds is 3. The predicted molar refractivity (Wildman–Crippen MR) is 52.8 cm³/mol. The summed E-state index contributed by atoms with van der Waals surface area (Å²) in [6.45, 7) is 1.81. The van der Waals surface area contributed by atoms with E-state index in [1.165, 1.54) is 12.3 Å². The van der Waals surface area contributed by atoms with E-state index in [0.29, 0.717) is 6.42 Å². The lowest BCUT2D eigenvalue weighted by molar-refractivity contribution is -0.117. The molecule has 0 aromatic carbocycles. The molecule has 1 atom stereocenters. The van der Waals surface area contributed by atoms with Gasteiger partial charge in [0.05, 0.1) is 6.04 Å². The molecule has 0 spiro atoms. The van der Waals surface area contributed by atoms with Gasteiger partial charge in [-0.3, -0.25) is 4.79 Å². The zero-order valence-electron chi connectivity index (χ0n) is 7.90. The first-order valence-corrected chi connectivity index (χ1v) is 4.35. The maximum Gasteiger partial charge on any atom is 0.242 e. The van der Waals surface area contributed by atoms with Gasteiger partial charge in [-0.2, -0.15) is 0 Å². The van der Waals surface area contributed by atoms with Crippen molar-refractivity contribution in [1.82, 2.24) is 4.98 Å². The topological polar surface area (TPSA) is 88.2 Å². The first-order valence-electron chi connectivity index (χ1n) is 4.35. The Morgan fingerprint density at radius 1 is 1.79 bits per heavy atom. The van der Waals surface area contributed by atoms with Crippen LogP contribution in [0.25, 0.3) is 0 Å². The van der Waals surface area contributed by atoms with Crippen molar-refractivity contribution in [3.63, 3.8) is 0 Å². The number of aromatic hydroxyl groups is 1. The normalized spacial score (nSPS) is 12.1. The highest BCUT2D eigenvalue weighted by Gasteiger charge is 2.12. The molecule has 1 heterocycles. The van der Waals surface area contributed by atoms with Gasteiger partial charge in [-0.05, 0) is 18.6 Å². The Bertz CT molecular complexity index is 328. The van der Waals surface area contributed by atoms with Crippen LogP contribution in [0.2, 0.25) is 0 Å². The Morgan fingerprint density at radius 2 is 2.50 bits per heavy atom. The number of carbonyl (C=O) groups excluding carboxylic acids is 1. The smallest absolute Gasteiger partial charge is 0.242 e. The molecule has 0 aliphatic rings. The number of nitrogens with zero attached hydrogens (tertiary/aromatic N) is 1. The molecule has 1 rings (SSSR count). The molecule has 0 saturated carbocycles. The fourth-order valence-electron chi connectivity index (χ4n) is 0.888. The maximum absolute atomic E-state index is 11.3. The highest BCUT2D eigenvalue weighted by Crippen LogP contribution is 2.18. The van der Waals surface area contributed by atoms with Gasteiger partial charge in [0, 0.05) is 6.20 Å². The third kappa shape index (κ3) is 2.43. The van der Waals surface area contributed by atoms with Crippen molar-refractivity contribution in [2.45, 2.75) is 19.4 Å². The zero-order chi connectivity index (χ0) is 10.6. The van der Waals surface area contributed by atoms with Gasteiger partial charge in [0.25, 0.3) is 0 Å². The molecule has 76 valence electrons. The second-order valence-electron chi connectivity index (χ2n) is 2.88. The second kappa shape index (κ2) is 4.57. The molecule has 0 unspecified atom stereocenters. The molecule has 0 aliphatic carbocycles. The van der Waals surface area contributed by atoms with E-state index >= 15 is 0 Å². The minimum atomic E-state index is -0.573. The lowest BCUT2D eigenvalue weighted by Crippen LogP contribution is -2.35. The molecule has 0 aliphatic heterocycles. The van der Waals surface area contributed by atoms with E-state index in [4.69, 9.17) is 5.73 Å². The lowest BCUT2D eigenvalue weighted by Gasteiger charge is -2.09. The van der Waals surface area contributed by atoms with Gasteiger partial charge in [-0.15, -0.1) is 0 Å². The molecule has 5 heteroatoms. The number of hydrogen-bond donors (Lipinski definition) is 3. The Morgan fingerprint density at radius 3 is 3.07 bits per heavy atom. The molecule has 1 amide bonds. The van der Waals surface area contributed by atoms with Crippen LogP contribution in [-0.2, 0) is 4.79 Å². The van der Waals surface area contributed by atoms with Crippen LogP contribution >= 0.6 is 0 Å². The van der Waals surface area contributed by atoms with Crippen LogP contribution in [-0.4, -0.2) is 22.0 Å². The minimum Gasteiger partial charge on any atom is -0.504 e. The van der Waals surface area contributed by atoms with Gasteiger partial charge in [-0.1, -0.05) is 6.92 Å². The maximum atomic E-state index is 11.3. The predicted octanol–water partition coefficient (Wildman–Crippen LogP) is 0.463. The number of aromatic nitrogens is 1. The third-order valence-electron chi connectivity index (χ3n) is 1.80. The summed E-state index contributed by atoms with van der Waals surface area (Å²) in [7, 11) is 0. The molecule has 1 aromatic rings. The lowest BCUT2D eigenvalue weighted by atomic mass is 10.2. The Kier molecular flexibility index (Phi) is 3.41. The first kappa shape index (κ1) is 10.5. The number of hydrogen-bond acceptors (Lipinski definition) is 4. The number of nitrogens with one attached hydrogen (secondary N) is 1. The van der Waals surface area contributed by atoms with Crippen molar-refractivity contribution in [3.8, 4) is 5.75 Å². The van der Waals surface area contributed by atoms with Crippen LogP contribution in [0.1, 0.15) is 13.3 Å². The highest BCUT2D eigenvalue weighted by atomic mass is 16.3. The van der Waals surface area contributed by atoms with Crippen LogP contribution < -0.4 is 11.1 Å². The van der Waals surface area contributed by atoms with E-state index in [0.717, 1.165) is 0 Å². The summed E-state index contributed by atoms with van der Waals surface area (Å²) in [5, 5.41) is 11.7. The molecule has 1 aromatic heterocycles. The van der Waals surface area contributed by atoms with Crippen LogP contribution in [0, 0.1) is 0 Å². The minimum absolute atomic E-state index is 0.0656. The molecule has 0 bridgehead atoms. The Labute approximate surface area is 82.0 Å². The van der Waals surface area contributed by atoms with Gasteiger partial charge in [0.1, 0.15) is 0 Å². The summed E-state index contributed by atoms with van der Waals surface area (Å²) < 4.78 is 0. The number of carbonyl (C=O) groups is 1. The van der Waals surface area contributed by atoms with Gasteiger partial charge >= 0.3 is 0 Å². The molecule has 14 heavy (non-hydrogen) atoms. The van der Waals surface area contributed by atoms with Crippen LogP contribution in [0.15, 0.2) is 18.3 Å². The van der Waals surface area contributed by atoms with E-state index < -0.39 is 6.04 Å².